The molecule has 0 radical (unpaired) electrons. The van der Waals surface area contributed by atoms with E-state index in [9.17, 15) is 14.9 Å². The fourth-order valence-corrected chi connectivity index (χ4v) is 2.78. The van der Waals surface area contributed by atoms with Crippen LogP contribution in [0.4, 0.5) is 11.4 Å². The van der Waals surface area contributed by atoms with Crippen molar-refractivity contribution in [1.29, 1.82) is 0 Å². The molecule has 108 valence electrons. The molecule has 8 heteroatoms. The fraction of sp³-hybridized carbons (Fsp3) is 0.417. The van der Waals surface area contributed by atoms with Gasteiger partial charge in [0, 0.05) is 23.2 Å². The van der Waals surface area contributed by atoms with Gasteiger partial charge in [0.15, 0.2) is 0 Å². The van der Waals surface area contributed by atoms with Crippen LogP contribution in [0.2, 0.25) is 0 Å². The number of benzene rings is 1. The van der Waals surface area contributed by atoms with Crippen molar-refractivity contribution in [1.82, 2.24) is 0 Å². The number of hydrogen-bond acceptors (Lipinski definition) is 5. The summed E-state index contributed by atoms with van der Waals surface area (Å²) >= 11 is 3.31. The van der Waals surface area contributed by atoms with Gasteiger partial charge < -0.3 is 14.7 Å². The van der Waals surface area contributed by atoms with Gasteiger partial charge in [0.05, 0.1) is 36.3 Å². The molecule has 1 aromatic carbocycles. The second kappa shape index (κ2) is 6.19. The van der Waals surface area contributed by atoms with Crippen LogP contribution in [0.3, 0.4) is 0 Å². The lowest BCUT2D eigenvalue weighted by Crippen LogP contribution is -2.46. The van der Waals surface area contributed by atoms with Gasteiger partial charge in [-0.2, -0.15) is 0 Å². The molecule has 0 amide bonds. The van der Waals surface area contributed by atoms with Crippen LogP contribution >= 0.6 is 15.9 Å². The number of aliphatic carboxylic acids is 1. The average Bonchev–Trinajstić information content (AvgIpc) is 2.39. The average molecular weight is 345 g/mol. The Hall–Kier alpha value is -1.67. The van der Waals surface area contributed by atoms with Gasteiger partial charge in [-0.3, -0.25) is 14.9 Å². The molecule has 2 rings (SSSR count). The Bertz CT molecular complexity index is 537. The molecule has 1 heterocycles. The monoisotopic (exact) mass is 344 g/mol. The predicted molar refractivity (Wildman–Crippen MR) is 75.0 cm³/mol. The number of rotatable bonds is 4. The molecule has 1 N–H and O–H groups in total. The largest absolute Gasteiger partial charge is 0.481 e. The first kappa shape index (κ1) is 14.7. The van der Waals surface area contributed by atoms with Gasteiger partial charge >= 0.3 is 5.97 Å². The minimum atomic E-state index is -0.900. The first-order chi connectivity index (χ1) is 9.49. The zero-order valence-electron chi connectivity index (χ0n) is 10.5. The molecular formula is C12H13BrN2O5. The lowest BCUT2D eigenvalue weighted by atomic mass is 10.1. The van der Waals surface area contributed by atoms with Crippen LogP contribution in [0.5, 0.6) is 0 Å². The number of anilines is 1. The fourth-order valence-electron chi connectivity index (χ4n) is 2.18. The highest BCUT2D eigenvalue weighted by atomic mass is 79.9. The van der Waals surface area contributed by atoms with Gasteiger partial charge in [-0.15, -0.1) is 0 Å². The summed E-state index contributed by atoms with van der Waals surface area (Å²) in [6.07, 6.45) is -0.0383. The highest BCUT2D eigenvalue weighted by Gasteiger charge is 2.27. The Morgan fingerprint density at radius 1 is 1.60 bits per heavy atom. The summed E-state index contributed by atoms with van der Waals surface area (Å²) in [7, 11) is 0. The van der Waals surface area contributed by atoms with Crippen molar-refractivity contribution in [2.24, 2.45) is 0 Å². The summed E-state index contributed by atoms with van der Waals surface area (Å²) in [4.78, 5) is 23.1. The van der Waals surface area contributed by atoms with Crippen molar-refractivity contribution in [3.05, 3.63) is 32.8 Å². The number of nitrogens with zero attached hydrogens (tertiary/aromatic N) is 2. The summed E-state index contributed by atoms with van der Waals surface area (Å²) < 4.78 is 5.88. The van der Waals surface area contributed by atoms with Gasteiger partial charge in [-0.1, -0.05) is 0 Å². The molecule has 1 aliphatic heterocycles. The van der Waals surface area contributed by atoms with Gasteiger partial charge in [0.1, 0.15) is 0 Å². The first-order valence-electron chi connectivity index (χ1n) is 5.99. The molecule has 1 aromatic rings. The van der Waals surface area contributed by atoms with Crippen molar-refractivity contribution in [2.75, 3.05) is 24.7 Å². The van der Waals surface area contributed by atoms with Crippen molar-refractivity contribution in [2.45, 2.75) is 12.5 Å². The van der Waals surface area contributed by atoms with E-state index in [2.05, 4.69) is 15.9 Å². The number of nitro groups is 1. The summed E-state index contributed by atoms with van der Waals surface area (Å²) in [5.74, 6) is -0.900. The molecule has 0 bridgehead atoms. The molecule has 1 atom stereocenters. The molecule has 0 aromatic heterocycles. The Morgan fingerprint density at radius 2 is 2.35 bits per heavy atom. The second-order valence-corrected chi connectivity index (χ2v) is 5.27. The SMILES string of the molecule is O=C(O)CC1COCCN1c1ccc([N+](=O)[O-])cc1Br. The van der Waals surface area contributed by atoms with E-state index >= 15 is 0 Å². The van der Waals surface area contributed by atoms with Crippen molar-refractivity contribution >= 4 is 33.3 Å². The van der Waals surface area contributed by atoms with Gasteiger partial charge in [0.25, 0.3) is 5.69 Å². The number of non-ortho nitro benzene ring substituents is 1. The molecule has 0 aliphatic carbocycles. The third kappa shape index (κ3) is 3.26. The van der Waals surface area contributed by atoms with Gasteiger partial charge in [-0.25, -0.2) is 0 Å². The maximum atomic E-state index is 10.9. The van der Waals surface area contributed by atoms with Crippen molar-refractivity contribution in [3.8, 4) is 0 Å². The zero-order chi connectivity index (χ0) is 14.7. The summed E-state index contributed by atoms with van der Waals surface area (Å²) in [5, 5.41) is 19.7. The van der Waals surface area contributed by atoms with Crippen LogP contribution < -0.4 is 4.90 Å². The highest BCUT2D eigenvalue weighted by molar-refractivity contribution is 9.10. The summed E-state index contributed by atoms with van der Waals surface area (Å²) in [6, 6.07) is 4.18. The number of carbonyl (C=O) groups is 1. The standard InChI is InChI=1S/C12H13BrN2O5/c13-10-5-8(15(18)19)1-2-11(10)14-3-4-20-7-9(14)6-12(16)17/h1-2,5,9H,3-4,6-7H2,(H,16,17). The number of carboxylic acids is 1. The third-order valence-corrected chi connectivity index (χ3v) is 3.72. The van der Waals surface area contributed by atoms with Crippen LogP contribution in [0.1, 0.15) is 6.42 Å². The minimum Gasteiger partial charge on any atom is -0.481 e. The van der Waals surface area contributed by atoms with Crippen LogP contribution in [0.15, 0.2) is 22.7 Å². The van der Waals surface area contributed by atoms with E-state index in [0.717, 1.165) is 5.69 Å². The second-order valence-electron chi connectivity index (χ2n) is 4.41. The normalized spacial score (nSPS) is 18.9. The first-order valence-corrected chi connectivity index (χ1v) is 6.78. The third-order valence-electron chi connectivity index (χ3n) is 3.09. The number of nitro benzene ring substituents is 1. The number of hydrogen-bond donors (Lipinski definition) is 1. The zero-order valence-corrected chi connectivity index (χ0v) is 12.1. The predicted octanol–water partition coefficient (Wildman–Crippen LogP) is 2.04. The van der Waals surface area contributed by atoms with Crippen LogP contribution in [0, 0.1) is 10.1 Å². The quantitative estimate of drug-likeness (QED) is 0.663. The number of ether oxygens (including phenoxy) is 1. The molecule has 1 fully saturated rings. The highest BCUT2D eigenvalue weighted by Crippen LogP contribution is 2.32. The number of morpholine rings is 1. The van der Waals surface area contributed by atoms with E-state index in [1.165, 1.54) is 12.1 Å². The van der Waals surface area contributed by atoms with E-state index in [0.29, 0.717) is 24.2 Å². The molecule has 7 nitrogen and oxygen atoms in total. The molecule has 0 spiro atoms. The molecular weight excluding hydrogens is 332 g/mol. The maximum Gasteiger partial charge on any atom is 0.305 e. The Kier molecular flexibility index (Phi) is 4.56. The number of carboxylic acid groups (broad SMARTS) is 1. The lowest BCUT2D eigenvalue weighted by Gasteiger charge is -2.37. The number of halogens is 1. The molecule has 1 unspecified atom stereocenters. The molecule has 1 saturated heterocycles. The molecule has 0 saturated carbocycles. The van der Waals surface area contributed by atoms with Gasteiger partial charge in [0.2, 0.25) is 0 Å². The Morgan fingerprint density at radius 3 is 2.95 bits per heavy atom. The van der Waals surface area contributed by atoms with E-state index in [1.54, 1.807) is 6.07 Å². The lowest BCUT2D eigenvalue weighted by molar-refractivity contribution is -0.384. The maximum absolute atomic E-state index is 10.9. The minimum absolute atomic E-state index is 0.0105. The van der Waals surface area contributed by atoms with Crippen LogP contribution in [0.25, 0.3) is 0 Å². The molecule has 20 heavy (non-hydrogen) atoms. The van der Waals surface area contributed by atoms with Gasteiger partial charge in [-0.05, 0) is 22.0 Å². The van der Waals surface area contributed by atoms with Crippen molar-refractivity contribution < 1.29 is 19.6 Å². The summed E-state index contributed by atoms with van der Waals surface area (Å²) in [6.45, 7) is 1.38. The topological polar surface area (TPSA) is 92.9 Å². The van der Waals surface area contributed by atoms with E-state index in [4.69, 9.17) is 9.84 Å². The van der Waals surface area contributed by atoms with E-state index in [-0.39, 0.29) is 18.2 Å². The van der Waals surface area contributed by atoms with Crippen LogP contribution in [-0.2, 0) is 9.53 Å². The Balaban J connectivity index is 2.27. The summed E-state index contributed by atoms with van der Waals surface area (Å²) in [5.41, 5.74) is 0.730. The van der Waals surface area contributed by atoms with Crippen LogP contribution in [-0.4, -0.2) is 41.8 Å². The van der Waals surface area contributed by atoms with E-state index in [1.807, 2.05) is 4.90 Å². The smallest absolute Gasteiger partial charge is 0.305 e. The van der Waals surface area contributed by atoms with E-state index < -0.39 is 10.9 Å². The Labute approximate surface area is 123 Å². The van der Waals surface area contributed by atoms with Crippen molar-refractivity contribution in [3.63, 3.8) is 0 Å². The molecule has 1 aliphatic rings.